The third-order valence-electron chi connectivity index (χ3n) is 2.01. The van der Waals surface area contributed by atoms with Crippen LogP contribution in [0, 0.1) is 0 Å². The van der Waals surface area contributed by atoms with Crippen LogP contribution in [0.5, 0.6) is 0 Å². The molecule has 0 saturated carbocycles. The van der Waals surface area contributed by atoms with Gasteiger partial charge in [-0.25, -0.2) is 0 Å². The van der Waals surface area contributed by atoms with Gasteiger partial charge in [-0.3, -0.25) is 0 Å². The van der Waals surface area contributed by atoms with Crippen molar-refractivity contribution in [1.29, 1.82) is 0 Å². The summed E-state index contributed by atoms with van der Waals surface area (Å²) in [6.07, 6.45) is 2.22. The molecule has 1 nitrogen and oxygen atoms in total. The van der Waals surface area contributed by atoms with Crippen LogP contribution in [0.15, 0.2) is 11.1 Å². The van der Waals surface area contributed by atoms with Crippen LogP contribution in [0.3, 0.4) is 0 Å². The highest BCUT2D eigenvalue weighted by molar-refractivity contribution is 5.16. The molecule has 0 amide bonds. The maximum Gasteiger partial charge on any atom is 0.0227 e. The summed E-state index contributed by atoms with van der Waals surface area (Å²) < 4.78 is 0. The quantitative estimate of drug-likeness (QED) is 0.600. The zero-order valence-corrected chi connectivity index (χ0v) is 7.57. The predicted octanol–water partition coefficient (Wildman–Crippen LogP) is 2.47. The molecule has 0 radical (unpaired) electrons. The first-order chi connectivity index (χ1) is 4.63. The second kappa shape index (κ2) is 4.51. The number of rotatable bonds is 3. The van der Waals surface area contributed by atoms with Gasteiger partial charge in [-0.15, -0.1) is 0 Å². The molecule has 0 spiro atoms. The Morgan fingerprint density at radius 3 is 1.90 bits per heavy atom. The summed E-state index contributed by atoms with van der Waals surface area (Å²) in [6.45, 7) is 8.56. The molecular formula is C9H19N. The van der Waals surface area contributed by atoms with Crippen molar-refractivity contribution in [1.82, 2.24) is 0 Å². The second-order valence-electron chi connectivity index (χ2n) is 2.80. The first kappa shape index (κ1) is 9.70. The number of nitrogens with two attached hydrogens (primary N) is 1. The largest absolute Gasteiger partial charge is 0.324 e. The Bertz CT molecular complexity index is 123. The maximum atomic E-state index is 5.77. The summed E-state index contributed by atoms with van der Waals surface area (Å²) in [5, 5.41) is 0. The maximum absolute atomic E-state index is 5.77. The fourth-order valence-corrected chi connectivity index (χ4v) is 1.24. The van der Waals surface area contributed by atoms with E-state index in [0.717, 1.165) is 12.8 Å². The first-order valence-electron chi connectivity index (χ1n) is 4.07. The molecule has 1 heteroatoms. The molecular weight excluding hydrogens is 122 g/mol. The van der Waals surface area contributed by atoms with E-state index in [2.05, 4.69) is 27.7 Å². The third kappa shape index (κ3) is 2.53. The fourth-order valence-electron chi connectivity index (χ4n) is 1.24. The van der Waals surface area contributed by atoms with Gasteiger partial charge in [0, 0.05) is 6.04 Å². The first-order valence-corrected chi connectivity index (χ1v) is 4.07. The van der Waals surface area contributed by atoms with Crippen molar-refractivity contribution in [2.75, 3.05) is 0 Å². The Morgan fingerprint density at radius 1 is 1.30 bits per heavy atom. The molecule has 2 N–H and O–H groups in total. The molecule has 0 aliphatic heterocycles. The van der Waals surface area contributed by atoms with Gasteiger partial charge in [0.2, 0.25) is 0 Å². The minimum atomic E-state index is 0.241. The highest BCUT2D eigenvalue weighted by Crippen LogP contribution is 2.13. The van der Waals surface area contributed by atoms with Gasteiger partial charge in [0.1, 0.15) is 0 Å². The van der Waals surface area contributed by atoms with Gasteiger partial charge >= 0.3 is 0 Å². The van der Waals surface area contributed by atoms with E-state index in [1.165, 1.54) is 11.1 Å². The summed E-state index contributed by atoms with van der Waals surface area (Å²) in [5.74, 6) is 0. The smallest absolute Gasteiger partial charge is 0.0227 e. The van der Waals surface area contributed by atoms with Crippen LogP contribution in [-0.4, -0.2) is 6.04 Å². The zero-order valence-electron chi connectivity index (χ0n) is 7.57. The summed E-state index contributed by atoms with van der Waals surface area (Å²) in [5.41, 5.74) is 8.64. The number of hydrogen-bond donors (Lipinski definition) is 1. The molecule has 60 valence electrons. The van der Waals surface area contributed by atoms with Crippen molar-refractivity contribution in [3.63, 3.8) is 0 Å². The van der Waals surface area contributed by atoms with Crippen molar-refractivity contribution >= 4 is 0 Å². The normalized spacial score (nSPS) is 16.5. The molecule has 0 aliphatic rings. The van der Waals surface area contributed by atoms with E-state index < -0.39 is 0 Å². The number of allylic oxidation sites excluding steroid dienone is 1. The molecule has 0 aromatic carbocycles. The van der Waals surface area contributed by atoms with E-state index in [4.69, 9.17) is 5.73 Å². The summed E-state index contributed by atoms with van der Waals surface area (Å²) in [7, 11) is 0. The molecule has 0 rings (SSSR count). The number of hydrogen-bond acceptors (Lipinski definition) is 1. The topological polar surface area (TPSA) is 26.0 Å². The fraction of sp³-hybridized carbons (Fsp3) is 0.778. The molecule has 0 fully saturated rings. The van der Waals surface area contributed by atoms with E-state index >= 15 is 0 Å². The lowest BCUT2D eigenvalue weighted by Gasteiger charge is -2.12. The van der Waals surface area contributed by atoms with Gasteiger partial charge < -0.3 is 5.73 Å². The molecule has 1 atom stereocenters. The van der Waals surface area contributed by atoms with E-state index in [9.17, 15) is 0 Å². The Kier molecular flexibility index (Phi) is 4.37. The highest BCUT2D eigenvalue weighted by atomic mass is 14.6. The van der Waals surface area contributed by atoms with Crippen molar-refractivity contribution in [3.05, 3.63) is 11.1 Å². The minimum absolute atomic E-state index is 0.241. The lowest BCUT2D eigenvalue weighted by Crippen LogP contribution is -2.18. The van der Waals surface area contributed by atoms with Crippen LogP contribution in [-0.2, 0) is 0 Å². The SMILES string of the molecule is CC/C(C)=C(\CC)C(C)N. The van der Waals surface area contributed by atoms with E-state index in [1.807, 2.05) is 0 Å². The van der Waals surface area contributed by atoms with Gasteiger partial charge in [-0.2, -0.15) is 0 Å². The lowest BCUT2D eigenvalue weighted by atomic mass is 9.99. The van der Waals surface area contributed by atoms with Gasteiger partial charge in [-0.05, 0) is 26.7 Å². The predicted molar refractivity (Wildman–Crippen MR) is 46.9 cm³/mol. The van der Waals surface area contributed by atoms with Crippen molar-refractivity contribution < 1.29 is 0 Å². The zero-order chi connectivity index (χ0) is 8.15. The average Bonchev–Trinajstić information content (AvgIpc) is 1.88. The molecule has 0 heterocycles. The van der Waals surface area contributed by atoms with Crippen molar-refractivity contribution in [2.45, 2.75) is 46.6 Å². The molecule has 0 aromatic rings. The molecule has 1 unspecified atom stereocenters. The van der Waals surface area contributed by atoms with Gasteiger partial charge in [0.15, 0.2) is 0 Å². The van der Waals surface area contributed by atoms with Crippen LogP contribution in [0.4, 0.5) is 0 Å². The third-order valence-corrected chi connectivity index (χ3v) is 2.01. The molecule has 10 heavy (non-hydrogen) atoms. The van der Waals surface area contributed by atoms with Crippen LogP contribution >= 0.6 is 0 Å². The van der Waals surface area contributed by atoms with Crippen molar-refractivity contribution in [3.8, 4) is 0 Å². The molecule has 0 aliphatic carbocycles. The van der Waals surface area contributed by atoms with Gasteiger partial charge in [-0.1, -0.05) is 25.0 Å². The Morgan fingerprint density at radius 2 is 1.80 bits per heavy atom. The molecule has 0 saturated heterocycles. The average molecular weight is 141 g/mol. The standard InChI is InChI=1S/C9H19N/c1-5-7(3)9(6-2)8(4)10/h8H,5-6,10H2,1-4H3/b9-7+. The Labute approximate surface area is 64.3 Å². The van der Waals surface area contributed by atoms with Crippen LogP contribution in [0.25, 0.3) is 0 Å². The Hall–Kier alpha value is -0.300. The monoisotopic (exact) mass is 141 g/mol. The summed E-state index contributed by atoms with van der Waals surface area (Å²) in [6, 6.07) is 0.241. The highest BCUT2D eigenvalue weighted by Gasteiger charge is 2.02. The molecule has 0 bridgehead atoms. The minimum Gasteiger partial charge on any atom is -0.324 e. The summed E-state index contributed by atoms with van der Waals surface area (Å²) >= 11 is 0. The van der Waals surface area contributed by atoms with Gasteiger partial charge in [0.05, 0.1) is 0 Å². The lowest BCUT2D eigenvalue weighted by molar-refractivity contribution is 0.786. The van der Waals surface area contributed by atoms with Gasteiger partial charge in [0.25, 0.3) is 0 Å². The van der Waals surface area contributed by atoms with Crippen LogP contribution < -0.4 is 5.73 Å². The second-order valence-corrected chi connectivity index (χ2v) is 2.80. The van der Waals surface area contributed by atoms with E-state index in [1.54, 1.807) is 0 Å². The van der Waals surface area contributed by atoms with Crippen molar-refractivity contribution in [2.24, 2.45) is 5.73 Å². The van der Waals surface area contributed by atoms with E-state index in [-0.39, 0.29) is 6.04 Å². The van der Waals surface area contributed by atoms with E-state index in [0.29, 0.717) is 0 Å². The van der Waals surface area contributed by atoms with Crippen LogP contribution in [0.1, 0.15) is 40.5 Å². The van der Waals surface area contributed by atoms with Crippen LogP contribution in [0.2, 0.25) is 0 Å². The Balaban J connectivity index is 4.29. The summed E-state index contributed by atoms with van der Waals surface area (Å²) in [4.78, 5) is 0. The molecule has 0 aromatic heterocycles.